The summed E-state index contributed by atoms with van der Waals surface area (Å²) in [6.45, 7) is 10.6. The van der Waals surface area contributed by atoms with Gasteiger partial charge < -0.3 is 20.3 Å². The minimum absolute atomic E-state index is 0.0772. The van der Waals surface area contributed by atoms with Crippen molar-refractivity contribution in [2.75, 3.05) is 6.61 Å². The Morgan fingerprint density at radius 1 is 0.935 bits per heavy atom. The lowest BCUT2D eigenvalue weighted by Gasteiger charge is -2.62. The van der Waals surface area contributed by atoms with Crippen LogP contribution in [0.4, 0.5) is 0 Å². The van der Waals surface area contributed by atoms with Crippen molar-refractivity contribution >= 4 is 0 Å². The maximum Gasteiger partial charge on any atom is 0.171 e. The quantitative estimate of drug-likeness (QED) is 0.582. The van der Waals surface area contributed by atoms with E-state index in [0.29, 0.717) is 41.1 Å². The topological polar surface area (TPSA) is 64.7 Å². The highest BCUT2D eigenvalue weighted by Gasteiger charge is 2.71. The molecule has 0 unspecified atom stereocenters. The molecule has 6 rings (SSSR count). The zero-order chi connectivity index (χ0) is 21.8. The molecule has 4 heteroatoms. The Balaban J connectivity index is 1.29. The van der Waals surface area contributed by atoms with Gasteiger partial charge in [0.2, 0.25) is 0 Å². The Kier molecular flexibility index (Phi) is 4.78. The van der Waals surface area contributed by atoms with Crippen molar-refractivity contribution in [2.24, 2.45) is 58.0 Å². The van der Waals surface area contributed by atoms with Crippen molar-refractivity contribution in [3.63, 3.8) is 0 Å². The zero-order valence-electron chi connectivity index (χ0n) is 20.2. The Bertz CT molecular complexity index is 719. The number of hydrogen-bond acceptors (Lipinski definition) is 4. The molecule has 3 N–H and O–H groups in total. The molecule has 2 heterocycles. The fraction of sp³-hybridized carbons (Fsp3) is 1.00. The second-order valence-electron chi connectivity index (χ2n) is 13.3. The molecule has 4 saturated carbocycles. The SMILES string of the molecule is C[C@@H]1CC[C@@]2(OC1)O[C@@H]1C[C@@H]3[C@@H]4CC[C@H]5C[C@H](O)CC[C@]5(C)[C@@H]4C[C@H](N)[C@]3(C)[C@@H]1[C@@H]2C. The first-order valence-corrected chi connectivity index (χ1v) is 13.4. The second-order valence-corrected chi connectivity index (χ2v) is 13.3. The van der Waals surface area contributed by atoms with Crippen molar-refractivity contribution < 1.29 is 14.6 Å². The first kappa shape index (κ1) is 21.4. The molecule has 6 fully saturated rings. The van der Waals surface area contributed by atoms with Crippen molar-refractivity contribution in [3.8, 4) is 0 Å². The van der Waals surface area contributed by atoms with Gasteiger partial charge in [-0.15, -0.1) is 0 Å². The summed E-state index contributed by atoms with van der Waals surface area (Å²) in [5.74, 6) is 4.13. The van der Waals surface area contributed by atoms with Crippen LogP contribution < -0.4 is 5.73 Å². The number of rotatable bonds is 0. The molecular formula is C27H45NO3. The van der Waals surface area contributed by atoms with Gasteiger partial charge in [-0.25, -0.2) is 0 Å². The zero-order valence-corrected chi connectivity index (χ0v) is 20.2. The first-order chi connectivity index (χ1) is 14.7. The van der Waals surface area contributed by atoms with Crippen LogP contribution in [-0.2, 0) is 9.47 Å². The van der Waals surface area contributed by atoms with Crippen LogP contribution in [0.25, 0.3) is 0 Å². The highest BCUT2D eigenvalue weighted by molar-refractivity contribution is 5.18. The van der Waals surface area contributed by atoms with Crippen LogP contribution in [0.1, 0.15) is 85.5 Å². The maximum absolute atomic E-state index is 10.3. The van der Waals surface area contributed by atoms with Gasteiger partial charge in [0.05, 0.1) is 18.8 Å². The summed E-state index contributed by atoms with van der Waals surface area (Å²) in [7, 11) is 0. The number of aliphatic hydroxyl groups excluding tert-OH is 1. The first-order valence-electron chi connectivity index (χ1n) is 13.4. The lowest BCUT2D eigenvalue weighted by Crippen LogP contribution is -2.61. The predicted molar refractivity (Wildman–Crippen MR) is 121 cm³/mol. The lowest BCUT2D eigenvalue weighted by molar-refractivity contribution is -0.273. The van der Waals surface area contributed by atoms with Gasteiger partial charge in [-0.3, -0.25) is 0 Å². The van der Waals surface area contributed by atoms with Gasteiger partial charge in [-0.1, -0.05) is 27.7 Å². The average Bonchev–Trinajstić information content (AvgIpc) is 3.18. The Morgan fingerprint density at radius 3 is 2.48 bits per heavy atom. The molecule has 0 aromatic heterocycles. The van der Waals surface area contributed by atoms with E-state index < -0.39 is 0 Å². The molecule has 0 radical (unpaired) electrons. The highest BCUT2D eigenvalue weighted by atomic mass is 16.7. The minimum Gasteiger partial charge on any atom is -0.393 e. The number of nitrogens with two attached hydrogens (primary N) is 1. The third-order valence-corrected chi connectivity index (χ3v) is 12.1. The van der Waals surface area contributed by atoms with Crippen LogP contribution in [0.5, 0.6) is 0 Å². The molecule has 0 aromatic carbocycles. The van der Waals surface area contributed by atoms with Gasteiger partial charge in [0, 0.05) is 24.3 Å². The molecule has 4 nitrogen and oxygen atoms in total. The van der Waals surface area contributed by atoms with Crippen LogP contribution >= 0.6 is 0 Å². The van der Waals surface area contributed by atoms with Crippen LogP contribution in [-0.4, -0.2) is 35.8 Å². The van der Waals surface area contributed by atoms with E-state index in [2.05, 4.69) is 27.7 Å². The van der Waals surface area contributed by atoms with E-state index in [0.717, 1.165) is 37.7 Å². The van der Waals surface area contributed by atoms with Crippen LogP contribution in [0.15, 0.2) is 0 Å². The van der Waals surface area contributed by atoms with E-state index in [1.54, 1.807) is 0 Å². The van der Waals surface area contributed by atoms with Crippen molar-refractivity contribution in [1.29, 1.82) is 0 Å². The van der Waals surface area contributed by atoms with Crippen molar-refractivity contribution in [3.05, 3.63) is 0 Å². The smallest absolute Gasteiger partial charge is 0.171 e. The maximum atomic E-state index is 10.3. The third kappa shape index (κ3) is 2.74. The summed E-state index contributed by atoms with van der Waals surface area (Å²) < 4.78 is 13.4. The minimum atomic E-state index is -0.352. The standard InChI is InChI=1S/C27H45NO3/c1-15-7-10-27(30-14-15)16(2)24-22(31-27)12-21-19-6-5-17-11-18(29)8-9-25(17,3)20(19)13-23(28)26(21,24)4/h15-24,29H,5-14,28H2,1-4H3/t15-,16+,17+,18-,19-,20-,21-,22-,23+,24-,25+,26-,27-/m1/s1. The summed E-state index contributed by atoms with van der Waals surface area (Å²) in [6.07, 6.45) is 10.7. The average molecular weight is 432 g/mol. The summed E-state index contributed by atoms with van der Waals surface area (Å²) in [5.41, 5.74) is 7.72. The lowest BCUT2D eigenvalue weighted by atomic mass is 9.43. The van der Waals surface area contributed by atoms with E-state index in [-0.39, 0.29) is 23.3 Å². The number of ether oxygens (including phenoxy) is 2. The molecule has 0 amide bonds. The predicted octanol–water partition coefficient (Wildman–Crippen LogP) is 4.73. The van der Waals surface area contributed by atoms with E-state index >= 15 is 0 Å². The molecule has 6 aliphatic rings. The Hall–Kier alpha value is -0.160. The largest absolute Gasteiger partial charge is 0.393 e. The third-order valence-electron chi connectivity index (χ3n) is 12.1. The Morgan fingerprint density at radius 2 is 1.74 bits per heavy atom. The summed E-state index contributed by atoms with van der Waals surface area (Å²) in [4.78, 5) is 0. The van der Waals surface area contributed by atoms with Gasteiger partial charge in [-0.05, 0) is 91.8 Å². The van der Waals surface area contributed by atoms with Gasteiger partial charge in [-0.2, -0.15) is 0 Å². The second kappa shape index (κ2) is 6.93. The monoisotopic (exact) mass is 431 g/mol. The number of aliphatic hydroxyl groups is 1. The van der Waals surface area contributed by atoms with E-state index in [1.165, 1.54) is 38.5 Å². The molecule has 31 heavy (non-hydrogen) atoms. The van der Waals surface area contributed by atoms with Gasteiger partial charge >= 0.3 is 0 Å². The molecule has 0 bridgehead atoms. The van der Waals surface area contributed by atoms with Gasteiger partial charge in [0.15, 0.2) is 5.79 Å². The Labute approximate surface area is 189 Å². The molecular weight excluding hydrogens is 386 g/mol. The van der Waals surface area contributed by atoms with Gasteiger partial charge in [0.1, 0.15) is 0 Å². The molecule has 13 atom stereocenters. The van der Waals surface area contributed by atoms with Gasteiger partial charge in [0.25, 0.3) is 0 Å². The number of hydrogen-bond donors (Lipinski definition) is 2. The van der Waals surface area contributed by atoms with E-state index in [4.69, 9.17) is 15.2 Å². The van der Waals surface area contributed by atoms with Crippen molar-refractivity contribution in [2.45, 2.75) is 110 Å². The van der Waals surface area contributed by atoms with Crippen LogP contribution in [0, 0.1) is 52.3 Å². The molecule has 2 saturated heterocycles. The summed E-state index contributed by atoms with van der Waals surface area (Å²) in [6, 6.07) is 0.250. The highest BCUT2D eigenvalue weighted by Crippen LogP contribution is 2.71. The fourth-order valence-electron chi connectivity index (χ4n) is 10.3. The summed E-state index contributed by atoms with van der Waals surface area (Å²) in [5, 5.41) is 10.3. The van der Waals surface area contributed by atoms with Crippen LogP contribution in [0.3, 0.4) is 0 Å². The normalized spacial score (nSPS) is 63.3. The molecule has 4 aliphatic carbocycles. The number of fused-ring (bicyclic) bond motifs is 7. The summed E-state index contributed by atoms with van der Waals surface area (Å²) >= 11 is 0. The molecule has 0 aromatic rings. The van der Waals surface area contributed by atoms with E-state index in [9.17, 15) is 5.11 Å². The molecule has 2 aliphatic heterocycles. The molecule has 1 spiro atoms. The van der Waals surface area contributed by atoms with E-state index in [1.807, 2.05) is 0 Å². The van der Waals surface area contributed by atoms with Crippen molar-refractivity contribution in [1.82, 2.24) is 0 Å². The fourth-order valence-corrected chi connectivity index (χ4v) is 10.3. The molecule has 176 valence electrons. The van der Waals surface area contributed by atoms with Crippen LogP contribution in [0.2, 0.25) is 0 Å².